The minimum atomic E-state index is 0.611. The van der Waals surface area contributed by atoms with E-state index in [1.165, 1.54) is 24.1 Å². The van der Waals surface area contributed by atoms with Gasteiger partial charge in [0.2, 0.25) is 0 Å². The third kappa shape index (κ3) is 3.94. The minimum Gasteiger partial charge on any atom is -0.302 e. The van der Waals surface area contributed by atoms with Gasteiger partial charge in [-0.3, -0.25) is 9.97 Å². The molecule has 3 nitrogen and oxygen atoms in total. The zero-order chi connectivity index (χ0) is 16.9. The average molecular weight is 329 g/mol. The number of rotatable bonds is 5. The molecule has 0 amide bonds. The van der Waals surface area contributed by atoms with E-state index in [9.17, 15) is 0 Å². The number of nitrogens with zero attached hydrogens (tertiary/aromatic N) is 3. The highest BCUT2D eigenvalue weighted by Gasteiger charge is 2.23. The molecule has 0 bridgehead atoms. The molecule has 4 rings (SSSR count). The zero-order valence-corrected chi connectivity index (χ0v) is 14.4. The summed E-state index contributed by atoms with van der Waals surface area (Å²) in [7, 11) is 0. The second-order valence-electron chi connectivity index (χ2n) is 6.73. The molecule has 2 aromatic heterocycles. The van der Waals surface area contributed by atoms with Crippen LogP contribution in [0, 0.1) is 0 Å². The largest absolute Gasteiger partial charge is 0.302 e. The maximum atomic E-state index is 4.53. The van der Waals surface area contributed by atoms with Crippen LogP contribution in [-0.4, -0.2) is 34.5 Å². The normalized spacial score (nSPS) is 17.7. The van der Waals surface area contributed by atoms with Crippen LogP contribution in [0.4, 0.5) is 0 Å². The first-order valence-electron chi connectivity index (χ1n) is 9.01. The van der Waals surface area contributed by atoms with E-state index >= 15 is 0 Å². The van der Waals surface area contributed by atoms with Crippen molar-refractivity contribution >= 4 is 0 Å². The summed E-state index contributed by atoms with van der Waals surface area (Å²) in [6, 6.07) is 19.2. The molecule has 1 atom stereocenters. The average Bonchev–Trinajstić information content (AvgIpc) is 3.17. The zero-order valence-electron chi connectivity index (χ0n) is 14.4. The first-order valence-corrected chi connectivity index (χ1v) is 9.01. The van der Waals surface area contributed by atoms with Crippen LogP contribution >= 0.6 is 0 Å². The lowest BCUT2D eigenvalue weighted by Crippen LogP contribution is -2.23. The third-order valence-corrected chi connectivity index (χ3v) is 5.06. The molecule has 1 fully saturated rings. The van der Waals surface area contributed by atoms with Crippen molar-refractivity contribution in [2.45, 2.75) is 18.8 Å². The van der Waals surface area contributed by atoms with E-state index in [1.807, 2.05) is 30.7 Å². The van der Waals surface area contributed by atoms with E-state index in [1.54, 1.807) is 0 Å². The molecule has 3 aromatic rings. The fourth-order valence-electron chi connectivity index (χ4n) is 3.62. The van der Waals surface area contributed by atoms with Gasteiger partial charge in [-0.1, -0.05) is 30.3 Å². The molecule has 0 spiro atoms. The summed E-state index contributed by atoms with van der Waals surface area (Å²) < 4.78 is 0. The molecule has 0 aliphatic carbocycles. The fraction of sp³-hybridized carbons (Fsp3) is 0.273. The molecule has 1 aliphatic rings. The van der Waals surface area contributed by atoms with E-state index in [-0.39, 0.29) is 0 Å². The Kier molecular flexibility index (Phi) is 4.84. The van der Waals surface area contributed by atoms with Crippen molar-refractivity contribution in [3.8, 4) is 11.3 Å². The van der Waals surface area contributed by atoms with Crippen molar-refractivity contribution < 1.29 is 0 Å². The number of hydrogen-bond acceptors (Lipinski definition) is 3. The van der Waals surface area contributed by atoms with Gasteiger partial charge in [-0.15, -0.1) is 0 Å². The van der Waals surface area contributed by atoms with Gasteiger partial charge in [0.15, 0.2) is 0 Å². The quantitative estimate of drug-likeness (QED) is 0.703. The van der Waals surface area contributed by atoms with Crippen molar-refractivity contribution in [3.63, 3.8) is 0 Å². The summed E-state index contributed by atoms with van der Waals surface area (Å²) in [5.41, 5.74) is 5.01. The van der Waals surface area contributed by atoms with E-state index in [2.05, 4.69) is 57.3 Å². The van der Waals surface area contributed by atoms with E-state index in [0.29, 0.717) is 5.92 Å². The Morgan fingerprint density at radius 3 is 2.64 bits per heavy atom. The van der Waals surface area contributed by atoms with Gasteiger partial charge in [0.05, 0.1) is 5.69 Å². The molecule has 3 heteroatoms. The van der Waals surface area contributed by atoms with Crippen molar-refractivity contribution in [2.24, 2.45) is 0 Å². The molecule has 1 saturated heterocycles. The van der Waals surface area contributed by atoms with Crippen molar-refractivity contribution in [2.75, 3.05) is 19.6 Å². The van der Waals surface area contributed by atoms with E-state index in [0.717, 1.165) is 30.8 Å². The number of aromatic nitrogens is 2. The molecule has 0 radical (unpaired) electrons. The lowest BCUT2D eigenvalue weighted by molar-refractivity contribution is 0.339. The molecule has 0 unspecified atom stereocenters. The summed E-state index contributed by atoms with van der Waals surface area (Å²) >= 11 is 0. The van der Waals surface area contributed by atoms with Crippen LogP contribution in [-0.2, 0) is 6.42 Å². The van der Waals surface area contributed by atoms with E-state index < -0.39 is 0 Å². The predicted octanol–water partition coefficient (Wildman–Crippen LogP) is 4.18. The molecular formula is C22H23N3. The highest BCUT2D eigenvalue weighted by atomic mass is 15.1. The second-order valence-corrected chi connectivity index (χ2v) is 6.73. The summed E-state index contributed by atoms with van der Waals surface area (Å²) in [5, 5.41) is 0. The number of hydrogen-bond donors (Lipinski definition) is 0. The minimum absolute atomic E-state index is 0.611. The number of benzene rings is 1. The van der Waals surface area contributed by atoms with Gasteiger partial charge in [0.25, 0.3) is 0 Å². The Morgan fingerprint density at radius 2 is 1.80 bits per heavy atom. The Labute approximate surface area is 149 Å². The molecule has 1 aromatic carbocycles. The van der Waals surface area contributed by atoms with Crippen LogP contribution in [0.5, 0.6) is 0 Å². The van der Waals surface area contributed by atoms with Crippen LogP contribution in [0.15, 0.2) is 73.2 Å². The molecule has 3 heterocycles. The molecule has 0 saturated carbocycles. The molecule has 126 valence electrons. The first-order chi connectivity index (χ1) is 12.4. The lowest BCUT2D eigenvalue weighted by atomic mass is 9.97. The maximum absolute atomic E-state index is 4.53. The van der Waals surface area contributed by atoms with Gasteiger partial charge in [-0.2, -0.15) is 0 Å². The predicted molar refractivity (Wildman–Crippen MR) is 101 cm³/mol. The summed E-state index contributed by atoms with van der Waals surface area (Å²) in [5.74, 6) is 0.611. The van der Waals surface area contributed by atoms with Crippen LogP contribution in [0.2, 0.25) is 0 Å². The monoisotopic (exact) mass is 329 g/mol. The van der Waals surface area contributed by atoms with Crippen LogP contribution in [0.25, 0.3) is 11.3 Å². The number of likely N-dealkylation sites (tertiary alicyclic amines) is 1. The van der Waals surface area contributed by atoms with Crippen LogP contribution in [0.1, 0.15) is 23.5 Å². The van der Waals surface area contributed by atoms with Gasteiger partial charge in [0, 0.05) is 37.2 Å². The van der Waals surface area contributed by atoms with E-state index in [4.69, 9.17) is 0 Å². The standard InChI is InChI=1S/C22H23N3/c1-2-4-18(5-3-1)9-14-25-15-10-21(17-25)20-8-13-24-22(16-20)19-6-11-23-12-7-19/h1-8,11-13,16,21H,9-10,14-15,17H2/t21-/m0/s1. The van der Waals surface area contributed by atoms with Gasteiger partial charge < -0.3 is 4.90 Å². The van der Waals surface area contributed by atoms with Gasteiger partial charge in [-0.25, -0.2) is 0 Å². The number of pyridine rings is 2. The van der Waals surface area contributed by atoms with Crippen molar-refractivity contribution in [1.82, 2.24) is 14.9 Å². The van der Waals surface area contributed by atoms with Gasteiger partial charge in [0.1, 0.15) is 0 Å². The lowest BCUT2D eigenvalue weighted by Gasteiger charge is -2.16. The molecule has 1 aliphatic heterocycles. The highest BCUT2D eigenvalue weighted by molar-refractivity contribution is 5.59. The Balaban J connectivity index is 1.40. The first kappa shape index (κ1) is 16.0. The van der Waals surface area contributed by atoms with Gasteiger partial charge in [-0.05, 0) is 60.7 Å². The summed E-state index contributed by atoms with van der Waals surface area (Å²) in [4.78, 5) is 11.2. The van der Waals surface area contributed by atoms with Gasteiger partial charge >= 0.3 is 0 Å². The Morgan fingerprint density at radius 1 is 0.960 bits per heavy atom. The summed E-state index contributed by atoms with van der Waals surface area (Å²) in [6.07, 6.45) is 7.95. The molecular weight excluding hydrogens is 306 g/mol. The van der Waals surface area contributed by atoms with Crippen LogP contribution in [0.3, 0.4) is 0 Å². The fourth-order valence-corrected chi connectivity index (χ4v) is 3.62. The Bertz CT molecular complexity index is 802. The van der Waals surface area contributed by atoms with Crippen molar-refractivity contribution in [1.29, 1.82) is 0 Å². The molecule has 25 heavy (non-hydrogen) atoms. The third-order valence-electron chi connectivity index (χ3n) is 5.06. The Hall–Kier alpha value is -2.52. The van der Waals surface area contributed by atoms with Crippen LogP contribution < -0.4 is 0 Å². The SMILES string of the molecule is c1ccc(CCN2CC[C@H](c3ccnc(-c4ccncc4)c3)C2)cc1. The maximum Gasteiger partial charge on any atom is 0.0705 e. The highest BCUT2D eigenvalue weighted by Crippen LogP contribution is 2.29. The summed E-state index contributed by atoms with van der Waals surface area (Å²) in [6.45, 7) is 3.47. The smallest absolute Gasteiger partial charge is 0.0705 e. The molecule has 0 N–H and O–H groups in total. The second kappa shape index (κ2) is 7.58. The van der Waals surface area contributed by atoms with Crippen molar-refractivity contribution in [3.05, 3.63) is 84.3 Å². The topological polar surface area (TPSA) is 29.0 Å².